The van der Waals surface area contributed by atoms with Crippen molar-refractivity contribution in [2.45, 2.75) is 25.8 Å². The number of rotatable bonds is 5. The zero-order chi connectivity index (χ0) is 12.1. The van der Waals surface area contributed by atoms with E-state index in [9.17, 15) is 0 Å². The molecular weight excluding hydrogens is 234 g/mol. The molecule has 0 aliphatic carbocycles. The molecule has 0 radical (unpaired) electrons. The lowest BCUT2D eigenvalue weighted by Gasteiger charge is -2.26. The summed E-state index contributed by atoms with van der Waals surface area (Å²) in [7, 11) is 0. The van der Waals surface area contributed by atoms with E-state index in [1.54, 1.807) is 0 Å². The molecule has 94 valence electrons. The van der Waals surface area contributed by atoms with E-state index < -0.39 is 0 Å². The van der Waals surface area contributed by atoms with E-state index in [2.05, 4.69) is 23.1 Å². The molecule has 1 aromatic rings. The van der Waals surface area contributed by atoms with Gasteiger partial charge in [0.1, 0.15) is 5.75 Å². The Morgan fingerprint density at radius 3 is 2.76 bits per heavy atom. The molecule has 1 atom stereocenters. The van der Waals surface area contributed by atoms with Crippen LogP contribution in [0.25, 0.3) is 0 Å². The van der Waals surface area contributed by atoms with Crippen molar-refractivity contribution in [3.63, 3.8) is 0 Å². The van der Waals surface area contributed by atoms with Gasteiger partial charge in [-0.1, -0.05) is 12.1 Å². The highest BCUT2D eigenvalue weighted by molar-refractivity contribution is 6.18. The third-order valence-electron chi connectivity index (χ3n) is 3.28. The van der Waals surface area contributed by atoms with Crippen molar-refractivity contribution >= 4 is 11.6 Å². The molecule has 0 spiro atoms. The summed E-state index contributed by atoms with van der Waals surface area (Å²) in [6, 6.07) is 8.65. The SMILES string of the molecule is CCOc1cccc(C(CCl)N2CCCC2)c1. The zero-order valence-corrected chi connectivity index (χ0v) is 11.1. The highest BCUT2D eigenvalue weighted by atomic mass is 35.5. The average Bonchev–Trinajstić information content (AvgIpc) is 2.85. The predicted molar refractivity (Wildman–Crippen MR) is 71.9 cm³/mol. The molecule has 2 rings (SSSR count). The number of benzene rings is 1. The molecule has 0 bridgehead atoms. The Labute approximate surface area is 109 Å². The lowest BCUT2D eigenvalue weighted by molar-refractivity contribution is 0.265. The van der Waals surface area contributed by atoms with Gasteiger partial charge in [0.05, 0.1) is 6.61 Å². The molecule has 1 saturated heterocycles. The highest BCUT2D eigenvalue weighted by Gasteiger charge is 2.22. The standard InChI is InChI=1S/C14H20ClNO/c1-2-17-13-7-5-6-12(10-13)14(11-15)16-8-3-4-9-16/h5-7,10,14H,2-4,8-9,11H2,1H3. The van der Waals surface area contributed by atoms with E-state index in [0.717, 1.165) is 18.8 Å². The van der Waals surface area contributed by atoms with Crippen molar-refractivity contribution in [2.24, 2.45) is 0 Å². The van der Waals surface area contributed by atoms with Gasteiger partial charge in [-0.15, -0.1) is 11.6 Å². The first-order valence-electron chi connectivity index (χ1n) is 6.38. The van der Waals surface area contributed by atoms with E-state index in [-0.39, 0.29) is 0 Å². The summed E-state index contributed by atoms with van der Waals surface area (Å²) in [5.74, 6) is 1.59. The summed E-state index contributed by atoms with van der Waals surface area (Å²) < 4.78 is 5.54. The van der Waals surface area contributed by atoms with E-state index in [0.29, 0.717) is 18.5 Å². The zero-order valence-electron chi connectivity index (χ0n) is 10.4. The molecule has 0 aromatic heterocycles. The summed E-state index contributed by atoms with van der Waals surface area (Å²) in [4.78, 5) is 2.47. The van der Waals surface area contributed by atoms with Gasteiger partial charge in [-0.2, -0.15) is 0 Å². The van der Waals surface area contributed by atoms with E-state index in [1.807, 2.05) is 13.0 Å². The van der Waals surface area contributed by atoms with Crippen molar-refractivity contribution in [3.05, 3.63) is 29.8 Å². The molecule has 1 aliphatic heterocycles. The number of likely N-dealkylation sites (tertiary alicyclic amines) is 1. The van der Waals surface area contributed by atoms with Crippen molar-refractivity contribution in [2.75, 3.05) is 25.6 Å². The van der Waals surface area contributed by atoms with Crippen LogP contribution in [0.4, 0.5) is 0 Å². The van der Waals surface area contributed by atoms with Gasteiger partial charge in [0.2, 0.25) is 0 Å². The number of hydrogen-bond donors (Lipinski definition) is 0. The molecule has 0 amide bonds. The Kier molecular flexibility index (Phi) is 4.69. The van der Waals surface area contributed by atoms with Crippen molar-refractivity contribution in [1.82, 2.24) is 4.90 Å². The van der Waals surface area contributed by atoms with Crippen LogP contribution in [0, 0.1) is 0 Å². The van der Waals surface area contributed by atoms with Gasteiger partial charge in [-0.05, 0) is 50.6 Å². The Hall–Kier alpha value is -0.730. The van der Waals surface area contributed by atoms with Crippen LogP contribution in [-0.2, 0) is 0 Å². The number of nitrogens with zero attached hydrogens (tertiary/aromatic N) is 1. The van der Waals surface area contributed by atoms with Gasteiger partial charge >= 0.3 is 0 Å². The maximum Gasteiger partial charge on any atom is 0.119 e. The van der Waals surface area contributed by atoms with Crippen molar-refractivity contribution in [3.8, 4) is 5.75 Å². The lowest BCUT2D eigenvalue weighted by Crippen LogP contribution is -2.26. The second-order valence-electron chi connectivity index (χ2n) is 4.42. The monoisotopic (exact) mass is 253 g/mol. The minimum absolute atomic E-state index is 0.333. The summed E-state index contributed by atoms with van der Waals surface area (Å²) >= 11 is 6.13. The van der Waals surface area contributed by atoms with Crippen LogP contribution in [0.15, 0.2) is 24.3 Å². The van der Waals surface area contributed by atoms with Gasteiger partial charge in [0.15, 0.2) is 0 Å². The largest absolute Gasteiger partial charge is 0.494 e. The maximum atomic E-state index is 6.13. The van der Waals surface area contributed by atoms with Gasteiger partial charge in [-0.3, -0.25) is 4.90 Å². The molecule has 1 aromatic carbocycles. The Morgan fingerprint density at radius 2 is 2.12 bits per heavy atom. The van der Waals surface area contributed by atoms with Gasteiger partial charge < -0.3 is 4.74 Å². The number of hydrogen-bond acceptors (Lipinski definition) is 2. The summed E-state index contributed by atoms with van der Waals surface area (Å²) in [5, 5.41) is 0. The highest BCUT2D eigenvalue weighted by Crippen LogP contribution is 2.28. The molecule has 3 heteroatoms. The third-order valence-corrected chi connectivity index (χ3v) is 3.57. The summed E-state index contributed by atoms with van der Waals surface area (Å²) in [6.45, 7) is 5.04. The topological polar surface area (TPSA) is 12.5 Å². The van der Waals surface area contributed by atoms with Crippen LogP contribution in [0.5, 0.6) is 5.75 Å². The van der Waals surface area contributed by atoms with Gasteiger partial charge in [0, 0.05) is 11.9 Å². The van der Waals surface area contributed by atoms with E-state index >= 15 is 0 Å². The van der Waals surface area contributed by atoms with Crippen LogP contribution in [0.2, 0.25) is 0 Å². The molecule has 1 unspecified atom stereocenters. The number of ether oxygens (including phenoxy) is 1. The predicted octanol–water partition coefficient (Wildman–Crippen LogP) is 3.46. The second-order valence-corrected chi connectivity index (χ2v) is 4.73. The fraction of sp³-hybridized carbons (Fsp3) is 0.571. The quantitative estimate of drug-likeness (QED) is 0.746. The van der Waals surface area contributed by atoms with Crippen LogP contribution >= 0.6 is 11.6 Å². The maximum absolute atomic E-state index is 6.13. The van der Waals surface area contributed by atoms with E-state index in [1.165, 1.54) is 18.4 Å². The van der Waals surface area contributed by atoms with Crippen molar-refractivity contribution in [1.29, 1.82) is 0 Å². The van der Waals surface area contributed by atoms with Gasteiger partial charge in [0.25, 0.3) is 0 Å². The second kappa shape index (κ2) is 6.27. The number of halogens is 1. The van der Waals surface area contributed by atoms with Crippen molar-refractivity contribution < 1.29 is 4.74 Å². The normalized spacial score (nSPS) is 18.2. The molecule has 1 fully saturated rings. The minimum atomic E-state index is 0.333. The number of alkyl halides is 1. The van der Waals surface area contributed by atoms with Crippen LogP contribution in [-0.4, -0.2) is 30.5 Å². The molecule has 1 aliphatic rings. The molecule has 17 heavy (non-hydrogen) atoms. The van der Waals surface area contributed by atoms with Crippen LogP contribution in [0.1, 0.15) is 31.4 Å². The van der Waals surface area contributed by atoms with E-state index in [4.69, 9.17) is 16.3 Å². The Bertz CT molecular complexity index is 350. The first-order chi connectivity index (χ1) is 8.35. The minimum Gasteiger partial charge on any atom is -0.494 e. The molecule has 1 heterocycles. The third kappa shape index (κ3) is 3.14. The first kappa shape index (κ1) is 12.7. The fourth-order valence-corrected chi connectivity index (χ4v) is 2.80. The summed E-state index contributed by atoms with van der Waals surface area (Å²) in [5.41, 5.74) is 1.27. The fourth-order valence-electron chi connectivity index (χ4n) is 2.43. The average molecular weight is 254 g/mol. The molecule has 0 N–H and O–H groups in total. The Morgan fingerprint density at radius 1 is 1.35 bits per heavy atom. The Balaban J connectivity index is 2.14. The molecule has 2 nitrogen and oxygen atoms in total. The molecule has 0 saturated carbocycles. The first-order valence-corrected chi connectivity index (χ1v) is 6.91. The smallest absolute Gasteiger partial charge is 0.119 e. The summed E-state index contributed by atoms with van der Waals surface area (Å²) in [6.07, 6.45) is 2.58. The van der Waals surface area contributed by atoms with Gasteiger partial charge in [-0.25, -0.2) is 0 Å². The van der Waals surface area contributed by atoms with Crippen LogP contribution < -0.4 is 4.74 Å². The molecular formula is C14H20ClNO. The lowest BCUT2D eigenvalue weighted by atomic mass is 10.1. The van der Waals surface area contributed by atoms with Crippen LogP contribution in [0.3, 0.4) is 0 Å².